The van der Waals surface area contributed by atoms with Crippen LogP contribution < -0.4 is 10.2 Å². The van der Waals surface area contributed by atoms with Gasteiger partial charge in [-0.05, 0) is 60.7 Å². The van der Waals surface area contributed by atoms with E-state index in [1.807, 2.05) is 29.6 Å². The largest absolute Gasteiger partial charge is 0.354 e. The highest BCUT2D eigenvalue weighted by molar-refractivity contribution is 7.13. The van der Waals surface area contributed by atoms with Crippen molar-refractivity contribution in [3.63, 3.8) is 0 Å². The molecule has 0 spiro atoms. The summed E-state index contributed by atoms with van der Waals surface area (Å²) in [6, 6.07) is 13.8. The Kier molecular flexibility index (Phi) is 5.11. The van der Waals surface area contributed by atoms with Gasteiger partial charge in [-0.25, -0.2) is 4.39 Å². The molecule has 3 aromatic rings. The van der Waals surface area contributed by atoms with Crippen molar-refractivity contribution in [3.8, 4) is 10.6 Å². The summed E-state index contributed by atoms with van der Waals surface area (Å²) in [5.41, 5.74) is 1.47. The average Bonchev–Trinajstić information content (AvgIpc) is 3.25. The lowest BCUT2D eigenvalue weighted by Gasteiger charge is -2.32. The van der Waals surface area contributed by atoms with E-state index in [4.69, 9.17) is 0 Å². The van der Waals surface area contributed by atoms with E-state index >= 15 is 0 Å². The summed E-state index contributed by atoms with van der Waals surface area (Å²) in [7, 11) is 0. The molecule has 0 radical (unpaired) electrons. The van der Waals surface area contributed by atoms with Crippen LogP contribution in [-0.4, -0.2) is 29.2 Å². The standard InChI is InChI=1S/C20H19FN4OS/c21-15-5-7-16(8-6-15)22-20(26)14-3-1-11-25(13-14)19-10-9-17(23-24-19)18-4-2-12-27-18/h2,4-10,12,14H,1,3,11,13H2,(H,22,26). The second-order valence-electron chi connectivity index (χ2n) is 6.54. The first kappa shape index (κ1) is 17.6. The van der Waals surface area contributed by atoms with Crippen LogP contribution in [0, 0.1) is 11.7 Å². The third kappa shape index (κ3) is 4.14. The minimum atomic E-state index is -0.318. The third-order valence-electron chi connectivity index (χ3n) is 4.65. The number of halogens is 1. The van der Waals surface area contributed by atoms with E-state index in [-0.39, 0.29) is 17.6 Å². The van der Waals surface area contributed by atoms with Gasteiger partial charge in [-0.3, -0.25) is 4.79 Å². The van der Waals surface area contributed by atoms with E-state index in [9.17, 15) is 9.18 Å². The fourth-order valence-corrected chi connectivity index (χ4v) is 3.92. The number of nitrogens with one attached hydrogen (secondary N) is 1. The number of nitrogens with zero attached hydrogens (tertiary/aromatic N) is 3. The number of carbonyl (C=O) groups excluding carboxylic acids is 1. The van der Waals surface area contributed by atoms with Gasteiger partial charge in [0.1, 0.15) is 11.5 Å². The molecule has 7 heteroatoms. The minimum absolute atomic E-state index is 0.0468. The van der Waals surface area contributed by atoms with E-state index in [0.29, 0.717) is 12.2 Å². The van der Waals surface area contributed by atoms with Gasteiger partial charge in [0.2, 0.25) is 5.91 Å². The van der Waals surface area contributed by atoms with Crippen LogP contribution in [0.1, 0.15) is 12.8 Å². The van der Waals surface area contributed by atoms with Crippen LogP contribution in [0.4, 0.5) is 15.9 Å². The molecule has 1 unspecified atom stereocenters. The second-order valence-corrected chi connectivity index (χ2v) is 7.48. The number of piperidine rings is 1. The second kappa shape index (κ2) is 7.84. The number of rotatable bonds is 4. The molecule has 0 saturated carbocycles. The molecule has 1 aliphatic heterocycles. The van der Waals surface area contributed by atoms with Crippen LogP contribution in [0.2, 0.25) is 0 Å². The zero-order chi connectivity index (χ0) is 18.6. The first-order chi connectivity index (χ1) is 13.2. The Bertz CT molecular complexity index is 897. The van der Waals surface area contributed by atoms with Gasteiger partial charge in [0.25, 0.3) is 0 Å². The summed E-state index contributed by atoms with van der Waals surface area (Å²) >= 11 is 1.63. The molecule has 1 fully saturated rings. The van der Waals surface area contributed by atoms with E-state index in [0.717, 1.165) is 35.8 Å². The fraction of sp³-hybridized carbons (Fsp3) is 0.250. The number of anilines is 2. The number of thiophene rings is 1. The minimum Gasteiger partial charge on any atom is -0.354 e. The lowest BCUT2D eigenvalue weighted by Crippen LogP contribution is -2.41. The smallest absolute Gasteiger partial charge is 0.229 e. The van der Waals surface area contributed by atoms with E-state index < -0.39 is 0 Å². The number of hydrogen-bond donors (Lipinski definition) is 1. The lowest BCUT2D eigenvalue weighted by molar-refractivity contribution is -0.120. The maximum absolute atomic E-state index is 13.0. The third-order valence-corrected chi connectivity index (χ3v) is 5.54. The van der Waals surface area contributed by atoms with Crippen LogP contribution >= 0.6 is 11.3 Å². The molecule has 27 heavy (non-hydrogen) atoms. The summed E-state index contributed by atoms with van der Waals surface area (Å²) in [6.07, 6.45) is 1.74. The Morgan fingerprint density at radius 2 is 2.00 bits per heavy atom. The molecule has 1 saturated heterocycles. The Hall–Kier alpha value is -2.80. The van der Waals surface area contributed by atoms with Crippen molar-refractivity contribution in [1.29, 1.82) is 0 Å². The molecule has 1 N–H and O–H groups in total. The molecular weight excluding hydrogens is 363 g/mol. The number of carbonyl (C=O) groups is 1. The number of hydrogen-bond acceptors (Lipinski definition) is 5. The maximum Gasteiger partial charge on any atom is 0.229 e. The lowest BCUT2D eigenvalue weighted by atomic mass is 9.97. The normalized spacial score (nSPS) is 16.9. The number of benzene rings is 1. The van der Waals surface area contributed by atoms with Crippen molar-refractivity contribution in [1.82, 2.24) is 10.2 Å². The zero-order valence-electron chi connectivity index (χ0n) is 14.6. The molecule has 5 nitrogen and oxygen atoms in total. The topological polar surface area (TPSA) is 58.1 Å². The Morgan fingerprint density at radius 3 is 2.70 bits per heavy atom. The monoisotopic (exact) mass is 382 g/mol. The van der Waals surface area contributed by atoms with Gasteiger partial charge in [-0.15, -0.1) is 21.5 Å². The molecule has 138 valence electrons. The summed E-state index contributed by atoms with van der Waals surface area (Å²) < 4.78 is 13.0. The van der Waals surface area contributed by atoms with Gasteiger partial charge in [-0.2, -0.15) is 0 Å². The molecule has 3 heterocycles. The van der Waals surface area contributed by atoms with Gasteiger partial charge in [0.05, 0.1) is 10.8 Å². The van der Waals surface area contributed by atoms with Crippen LogP contribution in [0.3, 0.4) is 0 Å². The van der Waals surface area contributed by atoms with Crippen molar-refractivity contribution in [2.24, 2.45) is 5.92 Å². The molecule has 1 aliphatic rings. The van der Waals surface area contributed by atoms with E-state index in [1.165, 1.54) is 12.1 Å². The van der Waals surface area contributed by atoms with Gasteiger partial charge < -0.3 is 10.2 Å². The zero-order valence-corrected chi connectivity index (χ0v) is 15.5. The van der Waals surface area contributed by atoms with Gasteiger partial charge in [0.15, 0.2) is 5.82 Å². The van der Waals surface area contributed by atoms with Crippen molar-refractivity contribution in [3.05, 3.63) is 59.7 Å². The molecular formula is C20H19FN4OS. The van der Waals surface area contributed by atoms with Gasteiger partial charge >= 0.3 is 0 Å². The van der Waals surface area contributed by atoms with Crippen molar-refractivity contribution in [2.75, 3.05) is 23.3 Å². The van der Waals surface area contributed by atoms with Gasteiger partial charge in [-0.1, -0.05) is 6.07 Å². The van der Waals surface area contributed by atoms with E-state index in [1.54, 1.807) is 23.5 Å². The Balaban J connectivity index is 1.41. The summed E-state index contributed by atoms with van der Waals surface area (Å²) in [5.74, 6) is 0.285. The van der Waals surface area contributed by atoms with Crippen molar-refractivity contribution >= 4 is 28.7 Å². The van der Waals surface area contributed by atoms with Crippen molar-refractivity contribution in [2.45, 2.75) is 12.8 Å². The van der Waals surface area contributed by atoms with Crippen LogP contribution in [0.5, 0.6) is 0 Å². The Labute approximate surface area is 160 Å². The number of aromatic nitrogens is 2. The predicted molar refractivity (Wildman–Crippen MR) is 105 cm³/mol. The molecule has 1 aromatic carbocycles. The highest BCUT2D eigenvalue weighted by Crippen LogP contribution is 2.26. The van der Waals surface area contributed by atoms with E-state index in [2.05, 4.69) is 20.4 Å². The molecule has 1 amide bonds. The fourth-order valence-electron chi connectivity index (χ4n) is 3.23. The van der Waals surface area contributed by atoms with Crippen LogP contribution in [-0.2, 0) is 4.79 Å². The molecule has 2 aromatic heterocycles. The molecule has 1 atom stereocenters. The van der Waals surface area contributed by atoms with Crippen LogP contribution in [0.25, 0.3) is 10.6 Å². The quantitative estimate of drug-likeness (QED) is 0.735. The highest BCUT2D eigenvalue weighted by atomic mass is 32.1. The molecule has 0 aliphatic carbocycles. The predicted octanol–water partition coefficient (Wildman–Crippen LogP) is 4.20. The van der Waals surface area contributed by atoms with Crippen LogP contribution in [0.15, 0.2) is 53.9 Å². The first-order valence-corrected chi connectivity index (χ1v) is 9.76. The summed E-state index contributed by atoms with van der Waals surface area (Å²) in [4.78, 5) is 15.8. The number of amides is 1. The maximum atomic E-state index is 13.0. The van der Waals surface area contributed by atoms with Crippen molar-refractivity contribution < 1.29 is 9.18 Å². The summed E-state index contributed by atoms with van der Waals surface area (Å²) in [5, 5.41) is 13.6. The van der Waals surface area contributed by atoms with Gasteiger partial charge in [0, 0.05) is 18.8 Å². The highest BCUT2D eigenvalue weighted by Gasteiger charge is 2.26. The SMILES string of the molecule is O=C(Nc1ccc(F)cc1)C1CCCN(c2ccc(-c3cccs3)nn2)C1. The Morgan fingerprint density at radius 1 is 1.15 bits per heavy atom. The average molecular weight is 382 g/mol. The summed E-state index contributed by atoms with van der Waals surface area (Å²) in [6.45, 7) is 1.45. The molecule has 4 rings (SSSR count). The molecule has 0 bridgehead atoms. The first-order valence-electron chi connectivity index (χ1n) is 8.88.